The maximum absolute atomic E-state index is 9.37. The van der Waals surface area contributed by atoms with Crippen molar-refractivity contribution in [3.63, 3.8) is 0 Å². The van der Waals surface area contributed by atoms with Crippen molar-refractivity contribution in [3.05, 3.63) is 35.4 Å². The molecule has 0 spiro atoms. The van der Waals surface area contributed by atoms with Crippen molar-refractivity contribution in [3.8, 4) is 0 Å². The highest BCUT2D eigenvalue weighted by molar-refractivity contribution is 5.26. The smallest absolute Gasteiger partial charge is 0.157 e. The fourth-order valence-electron chi connectivity index (χ4n) is 5.49. The molecule has 4 heteroatoms. The highest BCUT2D eigenvalue weighted by Crippen LogP contribution is 2.40. The Morgan fingerprint density at radius 1 is 0.969 bits per heavy atom. The van der Waals surface area contributed by atoms with Crippen LogP contribution in [-0.2, 0) is 20.6 Å². The van der Waals surface area contributed by atoms with Crippen LogP contribution < -0.4 is 0 Å². The second kappa shape index (κ2) is 14.3. The monoisotopic (exact) mass is 446 g/mol. The Kier molecular flexibility index (Phi) is 11.5. The van der Waals surface area contributed by atoms with Gasteiger partial charge in [-0.2, -0.15) is 0 Å². The van der Waals surface area contributed by atoms with Gasteiger partial charge in [0, 0.05) is 25.6 Å². The summed E-state index contributed by atoms with van der Waals surface area (Å²) in [7, 11) is 1.69. The number of ether oxygens (including phenoxy) is 3. The van der Waals surface area contributed by atoms with Crippen molar-refractivity contribution in [2.24, 2.45) is 17.8 Å². The molecule has 1 aliphatic heterocycles. The summed E-state index contributed by atoms with van der Waals surface area (Å²) in [6.45, 7) is 4.76. The molecule has 2 fully saturated rings. The van der Waals surface area contributed by atoms with Crippen molar-refractivity contribution in [2.45, 2.75) is 89.8 Å². The summed E-state index contributed by atoms with van der Waals surface area (Å²) in [6, 6.07) is 9.49. The van der Waals surface area contributed by atoms with Crippen LogP contribution in [0.3, 0.4) is 0 Å². The SMILES string of the molecule is CCCCCc1ccc(C2CCC(C3COC(CCCC(CO)COC)OC3)CC2)cc1. The molecule has 1 saturated carbocycles. The van der Waals surface area contributed by atoms with Crippen LogP contribution in [0.15, 0.2) is 24.3 Å². The van der Waals surface area contributed by atoms with Gasteiger partial charge in [-0.05, 0) is 80.8 Å². The summed E-state index contributed by atoms with van der Waals surface area (Å²) < 4.78 is 17.3. The van der Waals surface area contributed by atoms with Gasteiger partial charge in [0.25, 0.3) is 0 Å². The average molecular weight is 447 g/mol. The lowest BCUT2D eigenvalue weighted by atomic mass is 9.74. The van der Waals surface area contributed by atoms with Crippen LogP contribution in [0, 0.1) is 17.8 Å². The third kappa shape index (κ3) is 8.13. The lowest BCUT2D eigenvalue weighted by Crippen LogP contribution is -2.37. The predicted octanol–water partition coefficient (Wildman–Crippen LogP) is 6.11. The van der Waals surface area contributed by atoms with E-state index in [0.717, 1.165) is 44.3 Å². The second-order valence-corrected chi connectivity index (χ2v) is 10.1. The molecule has 4 nitrogen and oxygen atoms in total. The van der Waals surface area contributed by atoms with Gasteiger partial charge in [0.15, 0.2) is 6.29 Å². The van der Waals surface area contributed by atoms with E-state index in [1.54, 1.807) is 7.11 Å². The minimum Gasteiger partial charge on any atom is -0.396 e. The Hall–Kier alpha value is -0.940. The number of aryl methyl sites for hydroxylation is 1. The zero-order chi connectivity index (χ0) is 22.6. The summed E-state index contributed by atoms with van der Waals surface area (Å²) in [4.78, 5) is 0. The van der Waals surface area contributed by atoms with Crippen LogP contribution in [0.1, 0.15) is 88.2 Å². The highest BCUT2D eigenvalue weighted by atomic mass is 16.7. The van der Waals surface area contributed by atoms with Crippen LogP contribution in [0.5, 0.6) is 0 Å². The molecule has 3 rings (SSSR count). The Bertz CT molecular complexity index is 600. The molecule has 182 valence electrons. The molecule has 0 amide bonds. The van der Waals surface area contributed by atoms with Crippen molar-refractivity contribution in [1.29, 1.82) is 0 Å². The van der Waals surface area contributed by atoms with Crippen LogP contribution >= 0.6 is 0 Å². The summed E-state index contributed by atoms with van der Waals surface area (Å²) >= 11 is 0. The Morgan fingerprint density at radius 2 is 1.69 bits per heavy atom. The molecule has 32 heavy (non-hydrogen) atoms. The molecular weight excluding hydrogens is 400 g/mol. The second-order valence-electron chi connectivity index (χ2n) is 10.1. The van der Waals surface area contributed by atoms with Gasteiger partial charge in [-0.15, -0.1) is 0 Å². The number of aliphatic hydroxyl groups is 1. The summed E-state index contributed by atoms with van der Waals surface area (Å²) in [5.41, 5.74) is 3.03. The molecule has 1 aromatic carbocycles. The van der Waals surface area contributed by atoms with E-state index in [2.05, 4.69) is 31.2 Å². The lowest BCUT2D eigenvalue weighted by Gasteiger charge is -2.38. The quantitative estimate of drug-likeness (QED) is 0.372. The van der Waals surface area contributed by atoms with E-state index in [4.69, 9.17) is 14.2 Å². The normalized spacial score (nSPS) is 27.3. The molecule has 2 aliphatic rings. The van der Waals surface area contributed by atoms with Gasteiger partial charge in [0.2, 0.25) is 0 Å². The number of unbranched alkanes of at least 4 members (excludes halogenated alkanes) is 2. The molecular formula is C28H46O4. The zero-order valence-corrected chi connectivity index (χ0v) is 20.5. The largest absolute Gasteiger partial charge is 0.396 e. The number of hydrogen-bond donors (Lipinski definition) is 1. The van der Waals surface area contributed by atoms with Gasteiger partial charge in [-0.25, -0.2) is 0 Å². The summed E-state index contributed by atoms with van der Waals surface area (Å²) in [5.74, 6) is 2.23. The van der Waals surface area contributed by atoms with E-state index in [1.807, 2.05) is 0 Å². The van der Waals surface area contributed by atoms with Crippen molar-refractivity contribution >= 4 is 0 Å². The predicted molar refractivity (Wildman–Crippen MR) is 130 cm³/mol. The van der Waals surface area contributed by atoms with Gasteiger partial charge in [0.1, 0.15) is 0 Å². The number of rotatable bonds is 13. The molecule has 1 N–H and O–H groups in total. The van der Waals surface area contributed by atoms with Crippen molar-refractivity contribution in [2.75, 3.05) is 33.5 Å². The third-order valence-electron chi connectivity index (χ3n) is 7.66. The van der Waals surface area contributed by atoms with Gasteiger partial charge in [-0.3, -0.25) is 0 Å². The Balaban J connectivity index is 1.33. The van der Waals surface area contributed by atoms with E-state index in [0.29, 0.717) is 12.5 Å². The minimum absolute atomic E-state index is 0.0692. The number of aliphatic hydroxyl groups excluding tert-OH is 1. The van der Waals surface area contributed by atoms with E-state index >= 15 is 0 Å². The molecule has 1 aliphatic carbocycles. The molecule has 0 radical (unpaired) electrons. The van der Waals surface area contributed by atoms with Crippen LogP contribution in [0.4, 0.5) is 0 Å². The molecule has 1 heterocycles. The zero-order valence-electron chi connectivity index (χ0n) is 20.5. The Morgan fingerprint density at radius 3 is 2.31 bits per heavy atom. The molecule has 1 aromatic rings. The molecule has 0 bridgehead atoms. The first kappa shape index (κ1) is 25.7. The summed E-state index contributed by atoms with van der Waals surface area (Å²) in [6.07, 6.45) is 13.1. The van der Waals surface area contributed by atoms with Gasteiger partial charge >= 0.3 is 0 Å². The number of benzene rings is 1. The average Bonchev–Trinajstić information content (AvgIpc) is 2.85. The molecule has 1 unspecified atom stereocenters. The number of hydrogen-bond acceptors (Lipinski definition) is 4. The van der Waals surface area contributed by atoms with Crippen molar-refractivity contribution in [1.82, 2.24) is 0 Å². The molecule has 1 atom stereocenters. The van der Waals surface area contributed by atoms with E-state index in [-0.39, 0.29) is 18.8 Å². The van der Waals surface area contributed by atoms with Crippen LogP contribution in [0.2, 0.25) is 0 Å². The summed E-state index contributed by atoms with van der Waals surface area (Å²) in [5, 5.41) is 9.37. The first-order valence-electron chi connectivity index (χ1n) is 13.1. The standard InChI is InChI=1S/C28H46O4/c1-3-4-5-7-22-10-12-24(13-11-22)25-14-16-26(17-15-25)27-20-31-28(32-21-27)9-6-8-23(18-29)19-30-2/h10-13,23,25-29H,3-9,14-21H2,1-2H3. The van der Waals surface area contributed by atoms with Crippen molar-refractivity contribution < 1.29 is 19.3 Å². The van der Waals surface area contributed by atoms with E-state index in [9.17, 15) is 5.11 Å². The van der Waals surface area contributed by atoms with Gasteiger partial charge in [0.05, 0.1) is 19.8 Å². The maximum Gasteiger partial charge on any atom is 0.157 e. The first-order valence-corrected chi connectivity index (χ1v) is 13.1. The fraction of sp³-hybridized carbons (Fsp3) is 0.786. The Labute approximate surface area is 196 Å². The van der Waals surface area contributed by atoms with Crippen LogP contribution in [0.25, 0.3) is 0 Å². The topological polar surface area (TPSA) is 47.9 Å². The lowest BCUT2D eigenvalue weighted by molar-refractivity contribution is -0.212. The molecule has 1 saturated heterocycles. The minimum atomic E-state index is -0.0692. The number of methoxy groups -OCH3 is 1. The van der Waals surface area contributed by atoms with Crippen LogP contribution in [-0.4, -0.2) is 44.9 Å². The first-order chi connectivity index (χ1) is 15.7. The van der Waals surface area contributed by atoms with E-state index in [1.165, 1.54) is 62.5 Å². The molecule has 0 aromatic heterocycles. The van der Waals surface area contributed by atoms with Gasteiger partial charge < -0.3 is 19.3 Å². The highest BCUT2D eigenvalue weighted by Gasteiger charge is 2.32. The third-order valence-corrected chi connectivity index (χ3v) is 7.66. The maximum atomic E-state index is 9.37. The fourth-order valence-corrected chi connectivity index (χ4v) is 5.49. The van der Waals surface area contributed by atoms with E-state index < -0.39 is 0 Å². The van der Waals surface area contributed by atoms with Gasteiger partial charge in [-0.1, -0.05) is 44.0 Å².